The SMILES string of the molecule is CCC(N)(CC)C(C)CCO. The molecule has 0 rings (SSSR count). The molecular formula is C9H21NO. The third-order valence-corrected chi connectivity index (χ3v) is 2.86. The highest BCUT2D eigenvalue weighted by molar-refractivity contribution is 4.86. The van der Waals surface area contributed by atoms with E-state index < -0.39 is 0 Å². The summed E-state index contributed by atoms with van der Waals surface area (Å²) in [5, 5.41) is 8.74. The summed E-state index contributed by atoms with van der Waals surface area (Å²) in [6.07, 6.45) is 2.80. The molecule has 0 saturated heterocycles. The van der Waals surface area contributed by atoms with Crippen LogP contribution in [0.2, 0.25) is 0 Å². The maximum absolute atomic E-state index is 8.74. The normalized spacial score (nSPS) is 15.0. The second kappa shape index (κ2) is 4.73. The van der Waals surface area contributed by atoms with Crippen molar-refractivity contribution in [1.29, 1.82) is 0 Å². The van der Waals surface area contributed by atoms with Crippen molar-refractivity contribution in [2.45, 2.75) is 45.6 Å². The van der Waals surface area contributed by atoms with Gasteiger partial charge in [-0.1, -0.05) is 20.8 Å². The molecule has 0 aliphatic heterocycles. The molecule has 0 aliphatic carbocycles. The van der Waals surface area contributed by atoms with Gasteiger partial charge in [0.05, 0.1) is 0 Å². The topological polar surface area (TPSA) is 46.2 Å². The summed E-state index contributed by atoms with van der Waals surface area (Å²) in [5.41, 5.74) is 6.05. The van der Waals surface area contributed by atoms with Crippen LogP contribution in [0.4, 0.5) is 0 Å². The Morgan fingerprint density at radius 2 is 1.82 bits per heavy atom. The quantitative estimate of drug-likeness (QED) is 0.639. The molecule has 1 atom stereocenters. The molecule has 2 heteroatoms. The molecule has 68 valence electrons. The van der Waals surface area contributed by atoms with Crippen LogP contribution in [0.15, 0.2) is 0 Å². The van der Waals surface area contributed by atoms with E-state index in [1.54, 1.807) is 0 Å². The van der Waals surface area contributed by atoms with E-state index in [9.17, 15) is 0 Å². The van der Waals surface area contributed by atoms with E-state index in [1.807, 2.05) is 0 Å². The van der Waals surface area contributed by atoms with Gasteiger partial charge in [0.1, 0.15) is 0 Å². The van der Waals surface area contributed by atoms with Crippen LogP contribution in [0, 0.1) is 5.92 Å². The van der Waals surface area contributed by atoms with Crippen molar-refractivity contribution < 1.29 is 5.11 Å². The van der Waals surface area contributed by atoms with Gasteiger partial charge < -0.3 is 10.8 Å². The number of aliphatic hydroxyl groups is 1. The summed E-state index contributed by atoms with van der Waals surface area (Å²) in [7, 11) is 0. The Morgan fingerprint density at radius 3 is 2.09 bits per heavy atom. The van der Waals surface area contributed by atoms with Gasteiger partial charge in [0.2, 0.25) is 0 Å². The van der Waals surface area contributed by atoms with Crippen LogP contribution in [-0.2, 0) is 0 Å². The van der Waals surface area contributed by atoms with E-state index in [0.29, 0.717) is 5.92 Å². The van der Waals surface area contributed by atoms with E-state index in [0.717, 1.165) is 19.3 Å². The first-order valence-corrected chi connectivity index (χ1v) is 4.50. The lowest BCUT2D eigenvalue weighted by Gasteiger charge is -2.33. The van der Waals surface area contributed by atoms with Crippen molar-refractivity contribution in [1.82, 2.24) is 0 Å². The Morgan fingerprint density at radius 1 is 1.36 bits per heavy atom. The van der Waals surface area contributed by atoms with Crippen LogP contribution in [-0.4, -0.2) is 17.3 Å². The zero-order chi connectivity index (χ0) is 8.91. The maximum atomic E-state index is 8.74. The molecular weight excluding hydrogens is 138 g/mol. The average molecular weight is 159 g/mol. The van der Waals surface area contributed by atoms with E-state index >= 15 is 0 Å². The predicted octanol–water partition coefficient (Wildman–Crippen LogP) is 1.52. The maximum Gasteiger partial charge on any atom is 0.0434 e. The Balaban J connectivity index is 4.00. The molecule has 0 saturated carbocycles. The molecule has 0 fully saturated rings. The van der Waals surface area contributed by atoms with Gasteiger partial charge in [-0.2, -0.15) is 0 Å². The fraction of sp³-hybridized carbons (Fsp3) is 1.00. The Hall–Kier alpha value is -0.0800. The lowest BCUT2D eigenvalue weighted by molar-refractivity contribution is 0.197. The first-order valence-electron chi connectivity index (χ1n) is 4.50. The van der Waals surface area contributed by atoms with Crippen molar-refractivity contribution in [3.63, 3.8) is 0 Å². The highest BCUT2D eigenvalue weighted by Gasteiger charge is 2.26. The minimum atomic E-state index is -0.0667. The van der Waals surface area contributed by atoms with Crippen LogP contribution in [0.3, 0.4) is 0 Å². The molecule has 0 aromatic rings. The zero-order valence-corrected chi connectivity index (χ0v) is 7.93. The number of rotatable bonds is 5. The summed E-state index contributed by atoms with van der Waals surface area (Å²) in [6, 6.07) is 0. The molecule has 0 spiro atoms. The first kappa shape index (κ1) is 10.9. The lowest BCUT2D eigenvalue weighted by atomic mass is 9.80. The number of aliphatic hydroxyl groups excluding tert-OH is 1. The lowest BCUT2D eigenvalue weighted by Crippen LogP contribution is -2.45. The van der Waals surface area contributed by atoms with Crippen LogP contribution in [0.5, 0.6) is 0 Å². The number of nitrogens with two attached hydrogens (primary N) is 1. The second-order valence-corrected chi connectivity index (χ2v) is 3.35. The highest BCUT2D eigenvalue weighted by atomic mass is 16.3. The van der Waals surface area contributed by atoms with E-state index in [4.69, 9.17) is 10.8 Å². The number of hydrogen-bond donors (Lipinski definition) is 2. The number of hydrogen-bond acceptors (Lipinski definition) is 2. The summed E-state index contributed by atoms with van der Waals surface area (Å²) < 4.78 is 0. The average Bonchev–Trinajstić information content (AvgIpc) is 2.03. The van der Waals surface area contributed by atoms with Gasteiger partial charge in [-0.3, -0.25) is 0 Å². The van der Waals surface area contributed by atoms with Gasteiger partial charge in [0, 0.05) is 12.1 Å². The van der Waals surface area contributed by atoms with Crippen molar-refractivity contribution >= 4 is 0 Å². The van der Waals surface area contributed by atoms with Gasteiger partial charge in [0.15, 0.2) is 0 Å². The molecule has 1 unspecified atom stereocenters. The minimum Gasteiger partial charge on any atom is -0.396 e. The van der Waals surface area contributed by atoms with Crippen LogP contribution < -0.4 is 5.73 Å². The van der Waals surface area contributed by atoms with Gasteiger partial charge >= 0.3 is 0 Å². The van der Waals surface area contributed by atoms with Crippen LogP contribution >= 0.6 is 0 Å². The first-order chi connectivity index (χ1) is 5.10. The highest BCUT2D eigenvalue weighted by Crippen LogP contribution is 2.24. The summed E-state index contributed by atoms with van der Waals surface area (Å²) in [4.78, 5) is 0. The Kier molecular flexibility index (Phi) is 4.69. The molecule has 2 nitrogen and oxygen atoms in total. The van der Waals surface area contributed by atoms with E-state index in [-0.39, 0.29) is 12.1 Å². The second-order valence-electron chi connectivity index (χ2n) is 3.35. The molecule has 11 heavy (non-hydrogen) atoms. The summed E-state index contributed by atoms with van der Waals surface area (Å²) in [5.74, 6) is 0.419. The molecule has 0 aromatic heterocycles. The fourth-order valence-electron chi connectivity index (χ4n) is 1.43. The van der Waals surface area contributed by atoms with Gasteiger partial charge in [-0.15, -0.1) is 0 Å². The summed E-state index contributed by atoms with van der Waals surface area (Å²) >= 11 is 0. The van der Waals surface area contributed by atoms with Crippen molar-refractivity contribution in [2.24, 2.45) is 11.7 Å². The zero-order valence-electron chi connectivity index (χ0n) is 7.93. The van der Waals surface area contributed by atoms with Crippen molar-refractivity contribution in [2.75, 3.05) is 6.61 Å². The van der Waals surface area contributed by atoms with Gasteiger partial charge in [-0.25, -0.2) is 0 Å². The monoisotopic (exact) mass is 159 g/mol. The molecule has 0 radical (unpaired) electrons. The molecule has 0 aromatic carbocycles. The van der Waals surface area contributed by atoms with Crippen molar-refractivity contribution in [3.05, 3.63) is 0 Å². The third kappa shape index (κ3) is 2.80. The van der Waals surface area contributed by atoms with Crippen molar-refractivity contribution in [3.8, 4) is 0 Å². The molecule has 0 heterocycles. The summed E-state index contributed by atoms with van der Waals surface area (Å²) in [6.45, 7) is 6.58. The molecule has 0 aliphatic rings. The smallest absolute Gasteiger partial charge is 0.0434 e. The van der Waals surface area contributed by atoms with Gasteiger partial charge in [-0.05, 0) is 25.2 Å². The molecule has 0 bridgehead atoms. The van der Waals surface area contributed by atoms with Crippen LogP contribution in [0.1, 0.15) is 40.0 Å². The van der Waals surface area contributed by atoms with E-state index in [1.165, 1.54) is 0 Å². The Bertz CT molecular complexity index is 99.7. The van der Waals surface area contributed by atoms with E-state index in [2.05, 4.69) is 20.8 Å². The molecule has 3 N–H and O–H groups in total. The minimum absolute atomic E-state index is 0.0667. The molecule has 0 amide bonds. The largest absolute Gasteiger partial charge is 0.396 e. The fourth-order valence-corrected chi connectivity index (χ4v) is 1.43. The predicted molar refractivity (Wildman–Crippen MR) is 48.4 cm³/mol. The standard InChI is InChI=1S/C9H21NO/c1-4-9(10,5-2)8(3)6-7-11/h8,11H,4-7,10H2,1-3H3. The Labute approximate surface area is 69.8 Å². The van der Waals surface area contributed by atoms with Crippen LogP contribution in [0.25, 0.3) is 0 Å². The third-order valence-electron chi connectivity index (χ3n) is 2.86. The van der Waals surface area contributed by atoms with Gasteiger partial charge in [0.25, 0.3) is 0 Å².